The molecule has 0 spiro atoms. The maximum atomic E-state index is 13.7. The summed E-state index contributed by atoms with van der Waals surface area (Å²) < 4.78 is 37.9. The van der Waals surface area contributed by atoms with Crippen molar-refractivity contribution in [2.75, 3.05) is 10.6 Å². The number of para-hydroxylation sites is 1. The van der Waals surface area contributed by atoms with E-state index in [9.17, 15) is 17.6 Å². The molecular formula is C11H15FN2O3S. The number of nitrogens with zero attached hydrogens (tertiary/aromatic N) is 1. The van der Waals surface area contributed by atoms with Gasteiger partial charge in [0.2, 0.25) is 15.9 Å². The van der Waals surface area contributed by atoms with Crippen LogP contribution in [0.2, 0.25) is 0 Å². The molecule has 0 aliphatic rings. The van der Waals surface area contributed by atoms with E-state index in [2.05, 4.69) is 0 Å². The Kier molecular flexibility index (Phi) is 4.28. The molecule has 1 aromatic carbocycles. The number of hydrogen-bond donors (Lipinski definition) is 1. The monoisotopic (exact) mass is 274 g/mol. The maximum Gasteiger partial charge on any atom is 0.241 e. The summed E-state index contributed by atoms with van der Waals surface area (Å²) >= 11 is 0. The summed E-state index contributed by atoms with van der Waals surface area (Å²) in [6, 6.07) is 4.25. The van der Waals surface area contributed by atoms with Gasteiger partial charge in [-0.25, -0.2) is 12.8 Å². The van der Waals surface area contributed by atoms with Crippen LogP contribution in [0.25, 0.3) is 0 Å². The molecule has 1 rings (SSSR count). The van der Waals surface area contributed by atoms with E-state index in [1.165, 1.54) is 18.2 Å². The predicted molar refractivity (Wildman–Crippen MR) is 67.0 cm³/mol. The van der Waals surface area contributed by atoms with Crippen LogP contribution in [0.1, 0.15) is 13.3 Å². The highest BCUT2D eigenvalue weighted by molar-refractivity contribution is 7.92. The van der Waals surface area contributed by atoms with Crippen LogP contribution >= 0.6 is 0 Å². The Labute approximate surface area is 105 Å². The molecule has 0 heterocycles. The first-order valence-electron chi connectivity index (χ1n) is 5.32. The second kappa shape index (κ2) is 5.34. The first-order valence-corrected chi connectivity index (χ1v) is 7.17. The third kappa shape index (κ3) is 2.98. The van der Waals surface area contributed by atoms with Crippen LogP contribution < -0.4 is 10.0 Å². The van der Waals surface area contributed by atoms with Crippen molar-refractivity contribution < 1.29 is 17.6 Å². The molecule has 7 heteroatoms. The lowest BCUT2D eigenvalue weighted by Crippen LogP contribution is -2.47. The smallest absolute Gasteiger partial charge is 0.241 e. The fraction of sp³-hybridized carbons (Fsp3) is 0.364. The molecule has 0 saturated carbocycles. The second-order valence-electron chi connectivity index (χ2n) is 3.84. The molecule has 0 aliphatic heterocycles. The highest BCUT2D eigenvalue weighted by atomic mass is 32.2. The van der Waals surface area contributed by atoms with Gasteiger partial charge in [-0.1, -0.05) is 19.1 Å². The summed E-state index contributed by atoms with van der Waals surface area (Å²) in [7, 11) is -3.80. The van der Waals surface area contributed by atoms with Gasteiger partial charge in [-0.3, -0.25) is 9.10 Å². The standard InChI is InChI=1S/C11H15FN2O3S/c1-3-9(11(13)15)14(18(2,16)17)10-7-5-4-6-8(10)12/h4-7,9H,3H2,1-2H3,(H2,13,15)/t9-/m0/s1. The Bertz CT molecular complexity index is 545. The fourth-order valence-corrected chi connectivity index (χ4v) is 2.91. The lowest BCUT2D eigenvalue weighted by molar-refractivity contribution is -0.119. The maximum absolute atomic E-state index is 13.7. The van der Waals surface area contributed by atoms with Crippen molar-refractivity contribution >= 4 is 21.6 Å². The Morgan fingerprint density at radius 3 is 2.39 bits per heavy atom. The molecule has 0 aliphatic carbocycles. The largest absolute Gasteiger partial charge is 0.368 e. The number of benzene rings is 1. The number of rotatable bonds is 5. The zero-order chi connectivity index (χ0) is 13.9. The van der Waals surface area contributed by atoms with Crippen molar-refractivity contribution in [1.29, 1.82) is 0 Å². The summed E-state index contributed by atoms with van der Waals surface area (Å²) in [6.07, 6.45) is 1.07. The molecule has 0 radical (unpaired) electrons. The molecule has 0 bridgehead atoms. The van der Waals surface area contributed by atoms with E-state index in [1.54, 1.807) is 6.92 Å². The Hall–Kier alpha value is -1.63. The predicted octanol–water partition coefficient (Wildman–Crippen LogP) is 0.856. The normalized spacial score (nSPS) is 13.1. The van der Waals surface area contributed by atoms with Gasteiger partial charge in [-0.05, 0) is 18.6 Å². The van der Waals surface area contributed by atoms with E-state index in [1.807, 2.05) is 0 Å². The molecular weight excluding hydrogens is 259 g/mol. The number of primary amides is 1. The van der Waals surface area contributed by atoms with Gasteiger partial charge in [0.1, 0.15) is 11.9 Å². The van der Waals surface area contributed by atoms with Gasteiger partial charge >= 0.3 is 0 Å². The van der Waals surface area contributed by atoms with Crippen molar-refractivity contribution in [3.63, 3.8) is 0 Å². The van der Waals surface area contributed by atoms with Crippen LogP contribution in [0.3, 0.4) is 0 Å². The summed E-state index contributed by atoms with van der Waals surface area (Å²) in [5.41, 5.74) is 4.99. The average molecular weight is 274 g/mol. The topological polar surface area (TPSA) is 80.5 Å². The minimum atomic E-state index is -3.80. The molecule has 5 nitrogen and oxygen atoms in total. The van der Waals surface area contributed by atoms with Crippen LogP contribution in [-0.4, -0.2) is 26.6 Å². The van der Waals surface area contributed by atoms with Gasteiger partial charge in [-0.15, -0.1) is 0 Å². The van der Waals surface area contributed by atoms with Crippen LogP contribution in [0.5, 0.6) is 0 Å². The number of carbonyl (C=O) groups excluding carboxylic acids is 1. The number of hydrogen-bond acceptors (Lipinski definition) is 3. The Morgan fingerprint density at radius 2 is 2.00 bits per heavy atom. The molecule has 0 aromatic heterocycles. The molecule has 100 valence electrons. The lowest BCUT2D eigenvalue weighted by Gasteiger charge is -2.28. The van der Waals surface area contributed by atoms with Gasteiger partial charge in [0.05, 0.1) is 11.9 Å². The van der Waals surface area contributed by atoms with Gasteiger partial charge < -0.3 is 5.73 Å². The molecule has 1 aromatic rings. The molecule has 18 heavy (non-hydrogen) atoms. The summed E-state index contributed by atoms with van der Waals surface area (Å²) in [6.45, 7) is 1.61. The molecule has 2 N–H and O–H groups in total. The third-order valence-corrected chi connectivity index (χ3v) is 3.61. The number of nitrogens with two attached hydrogens (primary N) is 1. The highest BCUT2D eigenvalue weighted by Crippen LogP contribution is 2.24. The average Bonchev–Trinajstić information content (AvgIpc) is 2.25. The zero-order valence-corrected chi connectivity index (χ0v) is 10.9. The second-order valence-corrected chi connectivity index (χ2v) is 5.70. The van der Waals surface area contributed by atoms with Crippen molar-refractivity contribution in [2.24, 2.45) is 5.73 Å². The Morgan fingerprint density at radius 1 is 1.44 bits per heavy atom. The first-order chi connectivity index (χ1) is 8.29. The molecule has 1 atom stereocenters. The lowest BCUT2D eigenvalue weighted by atomic mass is 10.2. The number of sulfonamides is 1. The van der Waals surface area contributed by atoms with Gasteiger partial charge in [-0.2, -0.15) is 0 Å². The minimum Gasteiger partial charge on any atom is -0.368 e. The quantitative estimate of drug-likeness (QED) is 0.864. The molecule has 1 amide bonds. The van der Waals surface area contributed by atoms with Crippen molar-refractivity contribution in [2.45, 2.75) is 19.4 Å². The van der Waals surface area contributed by atoms with E-state index in [0.717, 1.165) is 16.6 Å². The van der Waals surface area contributed by atoms with Crippen LogP contribution in [0, 0.1) is 5.82 Å². The summed E-state index contributed by atoms with van der Waals surface area (Å²) in [4.78, 5) is 11.3. The summed E-state index contributed by atoms with van der Waals surface area (Å²) in [5, 5.41) is 0. The van der Waals surface area contributed by atoms with Gasteiger partial charge in [0.25, 0.3) is 0 Å². The number of amides is 1. The number of halogens is 1. The number of carbonyl (C=O) groups is 1. The van der Waals surface area contributed by atoms with Crippen LogP contribution in [0.15, 0.2) is 24.3 Å². The first kappa shape index (κ1) is 14.4. The third-order valence-electron chi connectivity index (χ3n) is 2.45. The van der Waals surface area contributed by atoms with Gasteiger partial charge in [0, 0.05) is 0 Å². The van der Waals surface area contributed by atoms with Crippen molar-refractivity contribution in [1.82, 2.24) is 0 Å². The van der Waals surface area contributed by atoms with Crippen LogP contribution in [-0.2, 0) is 14.8 Å². The minimum absolute atomic E-state index is 0.163. The fourth-order valence-electron chi connectivity index (χ4n) is 1.69. The Balaban J connectivity index is 3.41. The van der Waals surface area contributed by atoms with Crippen molar-refractivity contribution in [3.05, 3.63) is 30.1 Å². The molecule has 0 fully saturated rings. The SMILES string of the molecule is CC[C@@H](C(N)=O)N(c1ccccc1F)S(C)(=O)=O. The van der Waals surface area contributed by atoms with E-state index >= 15 is 0 Å². The van der Waals surface area contributed by atoms with Crippen LogP contribution in [0.4, 0.5) is 10.1 Å². The van der Waals surface area contributed by atoms with Crippen molar-refractivity contribution in [3.8, 4) is 0 Å². The number of anilines is 1. The van der Waals surface area contributed by atoms with E-state index in [0.29, 0.717) is 0 Å². The molecule has 0 saturated heterocycles. The van der Waals surface area contributed by atoms with E-state index in [4.69, 9.17) is 5.73 Å². The highest BCUT2D eigenvalue weighted by Gasteiger charge is 2.31. The molecule has 0 unspecified atom stereocenters. The van der Waals surface area contributed by atoms with Gasteiger partial charge in [0.15, 0.2) is 0 Å². The zero-order valence-electron chi connectivity index (χ0n) is 10.1. The van der Waals surface area contributed by atoms with E-state index < -0.39 is 27.8 Å². The summed E-state index contributed by atoms with van der Waals surface area (Å²) in [5.74, 6) is -1.53. The van der Waals surface area contributed by atoms with E-state index in [-0.39, 0.29) is 12.1 Å².